The van der Waals surface area contributed by atoms with E-state index in [1.54, 1.807) is 44.8 Å². The fourth-order valence-corrected chi connectivity index (χ4v) is 9.96. The minimum Gasteiger partial charge on any atom is -0.379 e. The van der Waals surface area contributed by atoms with Crippen molar-refractivity contribution in [2.45, 2.75) is 136 Å². The quantitative estimate of drug-likeness (QED) is 0.0876. The van der Waals surface area contributed by atoms with Gasteiger partial charge in [-0.15, -0.1) is 11.3 Å². The van der Waals surface area contributed by atoms with E-state index in [1.807, 2.05) is 94.4 Å². The molecule has 1 saturated heterocycles. The maximum Gasteiger partial charge on any atom is 0.446 e. The number of aromatic nitrogens is 2. The third-order valence-electron chi connectivity index (χ3n) is 12.9. The molecule has 372 valence electrons. The summed E-state index contributed by atoms with van der Waals surface area (Å²) in [6, 6.07) is 12.5. The molecule has 67 heavy (non-hydrogen) atoms. The third-order valence-corrected chi connectivity index (χ3v) is 13.8. The van der Waals surface area contributed by atoms with Crippen molar-refractivity contribution in [2.24, 2.45) is 29.6 Å². The van der Waals surface area contributed by atoms with E-state index >= 15 is 0 Å². The Morgan fingerprint density at radius 3 is 2.09 bits per heavy atom. The highest BCUT2D eigenvalue weighted by molar-refractivity contribution is 7.09. The van der Waals surface area contributed by atoms with Crippen LogP contribution in [0.1, 0.15) is 103 Å². The fourth-order valence-electron chi connectivity index (χ4n) is 9.27. The summed E-state index contributed by atoms with van der Waals surface area (Å²) >= 11 is 1.51. The minimum atomic E-state index is -4.64. The average molecular weight is 959 g/mol. The first-order chi connectivity index (χ1) is 31.7. The van der Waals surface area contributed by atoms with Gasteiger partial charge in [0, 0.05) is 70.7 Å². The lowest BCUT2D eigenvalue weighted by molar-refractivity contribution is -0.156. The second-order valence-electron chi connectivity index (χ2n) is 18.4. The first kappa shape index (κ1) is 56.7. The van der Waals surface area contributed by atoms with Gasteiger partial charge in [-0.05, 0) is 67.3 Å². The summed E-state index contributed by atoms with van der Waals surface area (Å²) in [7, 11) is 6.96. The number of carbonyl (C=O) groups is 5. The number of methoxy groups -OCH3 is 2. The number of hydrogen-bond acceptors (Lipinski definition) is 11. The molecule has 13 nitrogen and oxygen atoms in total. The van der Waals surface area contributed by atoms with Crippen LogP contribution in [0.2, 0.25) is 0 Å². The van der Waals surface area contributed by atoms with Crippen molar-refractivity contribution in [1.29, 1.82) is 0 Å². The number of likely N-dealkylation sites (N-methyl/N-ethyl adjacent to an activating group) is 2. The summed E-state index contributed by atoms with van der Waals surface area (Å²) in [6.07, 6.45) is 1.42. The number of carbonyl (C=O) groups excluding carboxylic acids is 5. The van der Waals surface area contributed by atoms with Gasteiger partial charge in [0.15, 0.2) is 5.78 Å². The molecule has 1 aliphatic heterocycles. The number of aldehydes is 1. The van der Waals surface area contributed by atoms with Crippen LogP contribution in [0, 0.1) is 29.6 Å². The number of nitrogens with zero attached hydrogens (tertiary/aromatic N) is 5. The lowest BCUT2D eigenvalue weighted by Gasteiger charge is -2.41. The van der Waals surface area contributed by atoms with Crippen LogP contribution >= 0.6 is 11.3 Å². The van der Waals surface area contributed by atoms with Gasteiger partial charge in [-0.25, -0.2) is 4.98 Å². The van der Waals surface area contributed by atoms with Gasteiger partial charge in [-0.2, -0.15) is 13.2 Å². The number of likely N-dealkylation sites (tertiary alicyclic amines) is 1. The number of halogens is 3. The smallest absolute Gasteiger partial charge is 0.379 e. The Hall–Kier alpha value is -4.58. The molecule has 0 saturated carbocycles. The van der Waals surface area contributed by atoms with E-state index in [-0.39, 0.29) is 72.2 Å². The molecule has 0 spiro atoms. The molecule has 0 bridgehead atoms. The van der Waals surface area contributed by atoms with Crippen molar-refractivity contribution < 1.29 is 46.6 Å². The number of ether oxygens (including phenoxy) is 2. The highest BCUT2D eigenvalue weighted by atomic mass is 32.1. The summed E-state index contributed by atoms with van der Waals surface area (Å²) in [5.41, 5.74) is 2.16. The highest BCUT2D eigenvalue weighted by Gasteiger charge is 2.43. The summed E-state index contributed by atoms with van der Waals surface area (Å²) < 4.78 is 43.4. The molecule has 17 heteroatoms. The summed E-state index contributed by atoms with van der Waals surface area (Å²) in [5.74, 6) is -1.50. The third kappa shape index (κ3) is 16.9. The van der Waals surface area contributed by atoms with Crippen molar-refractivity contribution in [2.75, 3.05) is 34.9 Å². The summed E-state index contributed by atoms with van der Waals surface area (Å²) in [5, 5.41) is 5.99. The summed E-state index contributed by atoms with van der Waals surface area (Å²) in [6.45, 7) is 15.2. The molecular formula is C50H73F3N6O7S. The van der Waals surface area contributed by atoms with Gasteiger partial charge >= 0.3 is 6.18 Å². The molecule has 3 amide bonds. The van der Waals surface area contributed by atoms with E-state index in [9.17, 15) is 32.3 Å². The SMILES string of the molecule is CC[C@H](C)[C@@H]([C@@H](CC(=O)N1CCC[C@H]1[C@H](OC)[C@@H](C)C(=O)N[C@@H](Cc1ccccc1)c1nccs1)OC)N(C)C(=O)[C@@H](CC(=O)[C@H](C(C)C)N(C)Cc1ccncc1)C(C)C.O=CC(F)(F)F. The molecule has 1 N–H and O–H groups in total. The largest absolute Gasteiger partial charge is 0.446 e. The van der Waals surface area contributed by atoms with Gasteiger partial charge in [0.05, 0.1) is 48.7 Å². The maximum absolute atomic E-state index is 14.6. The number of rotatable bonds is 24. The molecule has 3 heterocycles. The lowest BCUT2D eigenvalue weighted by atomic mass is 9.83. The van der Waals surface area contributed by atoms with E-state index in [2.05, 4.69) is 34.0 Å². The Morgan fingerprint density at radius 1 is 0.925 bits per heavy atom. The molecule has 1 aromatic carbocycles. The normalized spacial score (nSPS) is 17.7. The monoisotopic (exact) mass is 959 g/mol. The predicted molar refractivity (Wildman–Crippen MR) is 254 cm³/mol. The van der Waals surface area contributed by atoms with Crippen molar-refractivity contribution in [3.8, 4) is 0 Å². The van der Waals surface area contributed by atoms with Crippen molar-refractivity contribution in [1.82, 2.24) is 30.0 Å². The van der Waals surface area contributed by atoms with Crippen LogP contribution in [0.5, 0.6) is 0 Å². The standard InChI is InChI=1S/C48H72N6O6S.C2HF3O/c1-12-33(6)44(53(9)48(58)37(31(2)3)28-40(55)43(32(4)5)52(8)30-36-20-22-49-23-21-36)41(59-10)29-42(56)54-25-16-19-39(54)45(60-11)34(7)46(57)51-38(47-50-24-26-61-47)27-35-17-14-13-15-18-35;3-2(4,5)1-6/h13-15,17-18,20-24,26,31-34,37-39,41,43-45H,12,16,19,25,27-30H2,1-11H3,(H,51,57);1H/t33-,34+,37-,38-,39-,41+,43-,44-,45+;/m0./s1. The molecule has 1 fully saturated rings. The molecule has 9 atom stereocenters. The molecule has 0 aliphatic carbocycles. The number of benzene rings is 1. The Bertz CT molecular complexity index is 1960. The highest BCUT2D eigenvalue weighted by Crippen LogP contribution is 2.32. The second-order valence-corrected chi connectivity index (χ2v) is 19.3. The number of pyridine rings is 1. The molecule has 2 aromatic heterocycles. The van der Waals surface area contributed by atoms with Gasteiger partial charge in [0.2, 0.25) is 24.0 Å². The van der Waals surface area contributed by atoms with Crippen LogP contribution in [0.4, 0.5) is 13.2 Å². The van der Waals surface area contributed by atoms with Crippen LogP contribution in [0.3, 0.4) is 0 Å². The van der Waals surface area contributed by atoms with E-state index < -0.39 is 42.5 Å². The van der Waals surface area contributed by atoms with E-state index in [0.717, 1.165) is 29.0 Å². The number of nitrogens with one attached hydrogen (secondary N) is 1. The average Bonchev–Trinajstić information content (AvgIpc) is 4.02. The number of alkyl halides is 3. The van der Waals surface area contributed by atoms with Crippen molar-refractivity contribution in [3.05, 3.63) is 82.6 Å². The Labute approximate surface area is 399 Å². The molecule has 0 radical (unpaired) electrons. The zero-order valence-corrected chi connectivity index (χ0v) is 41.9. The zero-order chi connectivity index (χ0) is 50.0. The number of thiazole rings is 1. The van der Waals surface area contributed by atoms with E-state index in [4.69, 9.17) is 14.3 Å². The van der Waals surface area contributed by atoms with Gasteiger partial charge in [0.25, 0.3) is 0 Å². The first-order valence-electron chi connectivity index (χ1n) is 23.2. The predicted octanol–water partition coefficient (Wildman–Crippen LogP) is 7.99. The lowest BCUT2D eigenvalue weighted by Crippen LogP contribution is -2.54. The van der Waals surface area contributed by atoms with Crippen molar-refractivity contribution >= 4 is 41.1 Å². The maximum atomic E-state index is 14.6. The van der Waals surface area contributed by atoms with Crippen LogP contribution < -0.4 is 5.32 Å². The Balaban J connectivity index is 0.00000185. The second kappa shape index (κ2) is 27.4. The number of hydrogen-bond donors (Lipinski definition) is 1. The molecule has 4 rings (SSSR count). The van der Waals surface area contributed by atoms with E-state index in [1.165, 1.54) is 11.3 Å². The van der Waals surface area contributed by atoms with Gasteiger partial charge in [-0.3, -0.25) is 33.9 Å². The number of amides is 3. The van der Waals surface area contributed by atoms with Crippen LogP contribution in [0.25, 0.3) is 0 Å². The molecular weight excluding hydrogens is 886 g/mol. The van der Waals surface area contributed by atoms with Crippen LogP contribution in [-0.2, 0) is 46.4 Å². The van der Waals surface area contributed by atoms with Gasteiger partial charge in [0.1, 0.15) is 5.01 Å². The first-order valence-corrected chi connectivity index (χ1v) is 24.1. The van der Waals surface area contributed by atoms with Crippen LogP contribution in [-0.4, -0.2) is 126 Å². The Kier molecular flexibility index (Phi) is 23.2. The summed E-state index contributed by atoms with van der Waals surface area (Å²) in [4.78, 5) is 80.2. The van der Waals surface area contributed by atoms with Gasteiger partial charge < -0.3 is 24.6 Å². The zero-order valence-electron chi connectivity index (χ0n) is 41.1. The minimum absolute atomic E-state index is 0.00314. The number of ketones is 1. The molecule has 0 unspecified atom stereocenters. The van der Waals surface area contributed by atoms with Crippen LogP contribution in [0.15, 0.2) is 66.4 Å². The van der Waals surface area contributed by atoms with E-state index in [0.29, 0.717) is 25.9 Å². The Morgan fingerprint density at radius 2 is 1.57 bits per heavy atom. The van der Waals surface area contributed by atoms with Gasteiger partial charge in [-0.1, -0.05) is 85.2 Å². The van der Waals surface area contributed by atoms with Crippen molar-refractivity contribution in [3.63, 3.8) is 0 Å². The molecule has 3 aromatic rings. The topological polar surface area (TPSA) is 151 Å². The number of Topliss-reactive ketones (excluding diaryl/α,β-unsaturated/α-hetero) is 1. The fraction of sp³-hybridized carbons (Fsp3) is 0.620. The molecule has 1 aliphatic rings.